The van der Waals surface area contributed by atoms with Crippen molar-refractivity contribution in [3.8, 4) is 11.5 Å². The number of piperidine rings is 1. The molecule has 1 fully saturated rings. The third-order valence-electron chi connectivity index (χ3n) is 4.48. The fraction of sp³-hybridized carbons (Fsp3) is 0.647. The number of likely N-dealkylation sites (tertiary alicyclic amines) is 1. The van der Waals surface area contributed by atoms with Crippen LogP contribution in [0.3, 0.4) is 0 Å². The highest BCUT2D eigenvalue weighted by atomic mass is 16.5. The lowest BCUT2D eigenvalue weighted by Crippen LogP contribution is -2.37. The average molecular weight is 290 g/mol. The van der Waals surface area contributed by atoms with Gasteiger partial charge < -0.3 is 19.7 Å². The number of hydrogen-bond donors (Lipinski definition) is 1. The third-order valence-corrected chi connectivity index (χ3v) is 4.48. The van der Waals surface area contributed by atoms with Gasteiger partial charge >= 0.3 is 0 Å². The maximum absolute atomic E-state index is 5.73. The lowest BCUT2D eigenvalue weighted by Gasteiger charge is -2.32. The molecular formula is C17H26N2O2. The molecule has 4 nitrogen and oxygen atoms in total. The molecule has 2 aliphatic rings. The molecule has 1 unspecified atom stereocenters. The standard InChI is InChI=1S/C17H26N2O2/c1-19-10-3-2-5-15(19)8-9-18-14-6-7-16-17(13-14)21-12-4-11-20-16/h6-7,13,15,18H,2-5,8-12H2,1H3. The van der Waals surface area contributed by atoms with Gasteiger partial charge in [-0.25, -0.2) is 0 Å². The first-order valence-electron chi connectivity index (χ1n) is 8.17. The third kappa shape index (κ3) is 3.82. The van der Waals surface area contributed by atoms with Crippen molar-refractivity contribution in [1.82, 2.24) is 4.90 Å². The minimum Gasteiger partial charge on any atom is -0.490 e. The number of rotatable bonds is 4. The Kier molecular flexibility index (Phi) is 4.86. The summed E-state index contributed by atoms with van der Waals surface area (Å²) in [6.45, 7) is 3.74. The van der Waals surface area contributed by atoms with Gasteiger partial charge in [0.25, 0.3) is 0 Å². The Bertz CT molecular complexity index is 464. The summed E-state index contributed by atoms with van der Waals surface area (Å²) in [6, 6.07) is 6.88. The van der Waals surface area contributed by atoms with Gasteiger partial charge in [0, 0.05) is 30.8 Å². The Morgan fingerprint density at radius 1 is 1.14 bits per heavy atom. The number of nitrogens with one attached hydrogen (secondary N) is 1. The smallest absolute Gasteiger partial charge is 0.163 e. The van der Waals surface area contributed by atoms with E-state index in [-0.39, 0.29) is 0 Å². The highest BCUT2D eigenvalue weighted by molar-refractivity contribution is 5.54. The molecule has 0 spiro atoms. The van der Waals surface area contributed by atoms with Crippen LogP contribution in [0.1, 0.15) is 32.1 Å². The summed E-state index contributed by atoms with van der Waals surface area (Å²) in [4.78, 5) is 2.50. The van der Waals surface area contributed by atoms with Gasteiger partial charge in [-0.15, -0.1) is 0 Å². The largest absolute Gasteiger partial charge is 0.490 e. The first-order chi connectivity index (χ1) is 10.3. The van der Waals surface area contributed by atoms with E-state index in [1.807, 2.05) is 6.07 Å². The molecule has 0 aromatic heterocycles. The van der Waals surface area contributed by atoms with E-state index in [2.05, 4.69) is 29.4 Å². The highest BCUT2D eigenvalue weighted by Gasteiger charge is 2.18. The first kappa shape index (κ1) is 14.5. The van der Waals surface area contributed by atoms with Crippen molar-refractivity contribution < 1.29 is 9.47 Å². The van der Waals surface area contributed by atoms with E-state index in [1.165, 1.54) is 32.2 Å². The summed E-state index contributed by atoms with van der Waals surface area (Å²) in [5, 5.41) is 3.52. The normalized spacial score (nSPS) is 22.6. The van der Waals surface area contributed by atoms with Gasteiger partial charge in [0.05, 0.1) is 13.2 Å². The van der Waals surface area contributed by atoms with Crippen LogP contribution in [0.2, 0.25) is 0 Å². The predicted octanol–water partition coefficient (Wildman–Crippen LogP) is 3.13. The summed E-state index contributed by atoms with van der Waals surface area (Å²) >= 11 is 0. The minimum absolute atomic E-state index is 0.728. The van der Waals surface area contributed by atoms with Crippen LogP contribution < -0.4 is 14.8 Å². The first-order valence-corrected chi connectivity index (χ1v) is 8.17. The van der Waals surface area contributed by atoms with Crippen molar-refractivity contribution in [2.45, 2.75) is 38.1 Å². The molecule has 0 amide bonds. The zero-order valence-corrected chi connectivity index (χ0v) is 12.9. The van der Waals surface area contributed by atoms with Gasteiger partial charge in [0.2, 0.25) is 0 Å². The van der Waals surface area contributed by atoms with E-state index >= 15 is 0 Å². The molecule has 4 heteroatoms. The number of nitrogens with zero attached hydrogens (tertiary/aromatic N) is 1. The predicted molar refractivity (Wildman–Crippen MR) is 85.4 cm³/mol. The molecule has 0 saturated carbocycles. The van der Waals surface area contributed by atoms with Crippen molar-refractivity contribution in [1.29, 1.82) is 0 Å². The summed E-state index contributed by atoms with van der Waals surface area (Å²) in [6.07, 6.45) is 6.21. The second-order valence-corrected chi connectivity index (χ2v) is 6.06. The summed E-state index contributed by atoms with van der Waals surface area (Å²) in [5.41, 5.74) is 1.12. The van der Waals surface area contributed by atoms with Gasteiger partial charge in [0.15, 0.2) is 11.5 Å². The molecule has 1 aromatic carbocycles. The Hall–Kier alpha value is -1.42. The van der Waals surface area contributed by atoms with Crippen LogP contribution in [-0.2, 0) is 0 Å². The van der Waals surface area contributed by atoms with E-state index in [0.29, 0.717) is 0 Å². The number of ether oxygens (including phenoxy) is 2. The molecule has 21 heavy (non-hydrogen) atoms. The van der Waals surface area contributed by atoms with Crippen LogP contribution in [-0.4, -0.2) is 44.3 Å². The van der Waals surface area contributed by atoms with Crippen LogP contribution in [0.4, 0.5) is 5.69 Å². The Balaban J connectivity index is 1.52. The maximum atomic E-state index is 5.73. The number of hydrogen-bond acceptors (Lipinski definition) is 4. The number of anilines is 1. The molecule has 3 rings (SSSR count). The molecule has 0 radical (unpaired) electrons. The molecule has 116 valence electrons. The molecule has 1 aromatic rings. The number of benzene rings is 1. The zero-order chi connectivity index (χ0) is 14.5. The van der Waals surface area contributed by atoms with Crippen LogP contribution in [0, 0.1) is 0 Å². The van der Waals surface area contributed by atoms with Gasteiger partial charge in [-0.2, -0.15) is 0 Å². The topological polar surface area (TPSA) is 33.7 Å². The maximum Gasteiger partial charge on any atom is 0.163 e. The van der Waals surface area contributed by atoms with Gasteiger partial charge in [-0.3, -0.25) is 0 Å². The van der Waals surface area contributed by atoms with E-state index in [1.54, 1.807) is 0 Å². The second-order valence-electron chi connectivity index (χ2n) is 6.06. The molecule has 1 saturated heterocycles. The van der Waals surface area contributed by atoms with E-state index < -0.39 is 0 Å². The Labute approximate surface area is 127 Å². The van der Waals surface area contributed by atoms with Crippen LogP contribution >= 0.6 is 0 Å². The SMILES string of the molecule is CN1CCCCC1CCNc1ccc2c(c1)OCCCO2. The molecule has 0 aliphatic carbocycles. The fourth-order valence-electron chi connectivity index (χ4n) is 3.17. The molecule has 2 heterocycles. The molecule has 0 bridgehead atoms. The molecule has 1 atom stereocenters. The lowest BCUT2D eigenvalue weighted by molar-refractivity contribution is 0.179. The average Bonchev–Trinajstić information content (AvgIpc) is 2.74. The lowest BCUT2D eigenvalue weighted by atomic mass is 10.0. The monoisotopic (exact) mass is 290 g/mol. The Morgan fingerprint density at radius 2 is 2.00 bits per heavy atom. The van der Waals surface area contributed by atoms with Crippen LogP contribution in [0.5, 0.6) is 11.5 Å². The van der Waals surface area contributed by atoms with Crippen molar-refractivity contribution in [3.63, 3.8) is 0 Å². The second kappa shape index (κ2) is 7.03. The van der Waals surface area contributed by atoms with Gasteiger partial charge in [-0.1, -0.05) is 6.42 Å². The van der Waals surface area contributed by atoms with Crippen molar-refractivity contribution in [2.75, 3.05) is 38.7 Å². The highest BCUT2D eigenvalue weighted by Crippen LogP contribution is 2.32. The minimum atomic E-state index is 0.728. The van der Waals surface area contributed by atoms with Gasteiger partial charge in [0.1, 0.15) is 0 Å². The summed E-state index contributed by atoms with van der Waals surface area (Å²) in [7, 11) is 2.25. The molecule has 2 aliphatic heterocycles. The van der Waals surface area contributed by atoms with E-state index in [0.717, 1.165) is 49.4 Å². The molecular weight excluding hydrogens is 264 g/mol. The summed E-state index contributed by atoms with van der Waals surface area (Å²) < 4.78 is 11.4. The van der Waals surface area contributed by atoms with Crippen molar-refractivity contribution in [2.24, 2.45) is 0 Å². The van der Waals surface area contributed by atoms with Crippen LogP contribution in [0.15, 0.2) is 18.2 Å². The molecule has 1 N–H and O–H groups in total. The fourth-order valence-corrected chi connectivity index (χ4v) is 3.17. The van der Waals surface area contributed by atoms with E-state index in [9.17, 15) is 0 Å². The van der Waals surface area contributed by atoms with Crippen LogP contribution in [0.25, 0.3) is 0 Å². The quantitative estimate of drug-likeness (QED) is 0.923. The van der Waals surface area contributed by atoms with Gasteiger partial charge in [-0.05, 0) is 45.0 Å². The summed E-state index contributed by atoms with van der Waals surface area (Å²) in [5.74, 6) is 1.73. The van der Waals surface area contributed by atoms with Crippen molar-refractivity contribution >= 4 is 5.69 Å². The van der Waals surface area contributed by atoms with E-state index in [4.69, 9.17) is 9.47 Å². The Morgan fingerprint density at radius 3 is 2.86 bits per heavy atom. The van der Waals surface area contributed by atoms with Crippen molar-refractivity contribution in [3.05, 3.63) is 18.2 Å². The number of fused-ring (bicyclic) bond motifs is 1. The zero-order valence-electron chi connectivity index (χ0n) is 12.9.